The maximum Gasteiger partial charge on any atom is 0.0666 e. The van der Waals surface area contributed by atoms with E-state index in [4.69, 9.17) is 4.74 Å². The van der Waals surface area contributed by atoms with Gasteiger partial charge in [0.25, 0.3) is 0 Å². The van der Waals surface area contributed by atoms with Crippen molar-refractivity contribution in [2.24, 2.45) is 5.92 Å². The van der Waals surface area contributed by atoms with Crippen LogP contribution >= 0.6 is 11.8 Å². The van der Waals surface area contributed by atoms with Crippen molar-refractivity contribution in [1.82, 2.24) is 5.32 Å². The van der Waals surface area contributed by atoms with Crippen LogP contribution in [-0.4, -0.2) is 35.8 Å². The molecule has 2 fully saturated rings. The lowest BCUT2D eigenvalue weighted by molar-refractivity contribution is 0.127. The third-order valence-corrected chi connectivity index (χ3v) is 6.44. The van der Waals surface area contributed by atoms with E-state index in [1.165, 1.54) is 32.1 Å². The molecule has 0 amide bonds. The van der Waals surface area contributed by atoms with E-state index < -0.39 is 0 Å². The van der Waals surface area contributed by atoms with Crippen LogP contribution in [0.3, 0.4) is 0 Å². The lowest BCUT2D eigenvalue weighted by Gasteiger charge is -2.37. The standard InChI is InChI=1S/C15H29NOS/c1-4-12-6-7-13(16-5-2)15(10-12)18-14-8-9-17-11(14)3/h11-16H,4-10H2,1-3H3. The predicted octanol–water partition coefficient (Wildman–Crippen LogP) is 3.45. The van der Waals surface area contributed by atoms with Crippen molar-refractivity contribution in [2.75, 3.05) is 13.2 Å². The number of hydrogen-bond donors (Lipinski definition) is 1. The second-order valence-corrected chi connectivity index (χ2v) is 7.31. The zero-order chi connectivity index (χ0) is 13.0. The average Bonchev–Trinajstić information content (AvgIpc) is 2.77. The van der Waals surface area contributed by atoms with Crippen molar-refractivity contribution in [3.05, 3.63) is 0 Å². The molecular weight excluding hydrogens is 242 g/mol. The maximum atomic E-state index is 5.71. The van der Waals surface area contributed by atoms with Gasteiger partial charge in [-0.3, -0.25) is 0 Å². The topological polar surface area (TPSA) is 21.3 Å². The van der Waals surface area contributed by atoms with Crippen LogP contribution in [0.2, 0.25) is 0 Å². The molecule has 5 atom stereocenters. The first kappa shape index (κ1) is 14.7. The predicted molar refractivity (Wildman–Crippen MR) is 80.3 cm³/mol. The summed E-state index contributed by atoms with van der Waals surface area (Å²) >= 11 is 2.22. The first-order chi connectivity index (χ1) is 8.74. The molecular formula is C15H29NOS. The molecule has 2 aliphatic rings. The lowest BCUT2D eigenvalue weighted by atomic mass is 9.84. The minimum atomic E-state index is 0.458. The molecule has 3 heteroatoms. The number of ether oxygens (including phenoxy) is 1. The molecule has 1 saturated heterocycles. The number of rotatable bonds is 5. The van der Waals surface area contributed by atoms with Gasteiger partial charge in [-0.15, -0.1) is 0 Å². The Labute approximate surface area is 117 Å². The molecule has 1 N–H and O–H groups in total. The first-order valence-electron chi connectivity index (χ1n) is 7.75. The molecule has 0 spiro atoms. The average molecular weight is 271 g/mol. The molecule has 1 aliphatic heterocycles. The van der Waals surface area contributed by atoms with Gasteiger partial charge in [0.05, 0.1) is 6.10 Å². The lowest BCUT2D eigenvalue weighted by Crippen LogP contribution is -2.43. The van der Waals surface area contributed by atoms with Crippen LogP contribution in [-0.2, 0) is 4.74 Å². The Morgan fingerprint density at radius 3 is 2.61 bits per heavy atom. The molecule has 2 nitrogen and oxygen atoms in total. The van der Waals surface area contributed by atoms with Crippen LogP contribution in [0.1, 0.15) is 52.9 Å². The highest BCUT2D eigenvalue weighted by Gasteiger charge is 2.34. The van der Waals surface area contributed by atoms with Gasteiger partial charge in [-0.2, -0.15) is 11.8 Å². The van der Waals surface area contributed by atoms with Crippen LogP contribution in [0.25, 0.3) is 0 Å². The largest absolute Gasteiger partial charge is 0.377 e. The molecule has 0 aromatic heterocycles. The van der Waals surface area contributed by atoms with Crippen LogP contribution in [0.4, 0.5) is 0 Å². The Hall–Kier alpha value is 0.270. The van der Waals surface area contributed by atoms with E-state index in [0.29, 0.717) is 6.10 Å². The second-order valence-electron chi connectivity index (χ2n) is 5.83. The van der Waals surface area contributed by atoms with Gasteiger partial charge in [0.15, 0.2) is 0 Å². The summed E-state index contributed by atoms with van der Waals surface area (Å²) in [5.74, 6) is 0.954. The highest BCUT2D eigenvalue weighted by Crippen LogP contribution is 2.39. The SMILES string of the molecule is CCNC1CCC(CC)CC1SC1CCOC1C. The Morgan fingerprint density at radius 2 is 2.00 bits per heavy atom. The third-order valence-electron chi connectivity index (χ3n) is 4.60. The van der Waals surface area contributed by atoms with Gasteiger partial charge >= 0.3 is 0 Å². The quantitative estimate of drug-likeness (QED) is 0.827. The van der Waals surface area contributed by atoms with E-state index in [1.54, 1.807) is 0 Å². The Balaban J connectivity index is 1.91. The third kappa shape index (κ3) is 3.64. The molecule has 0 aromatic carbocycles. The van der Waals surface area contributed by atoms with Gasteiger partial charge in [0.2, 0.25) is 0 Å². The Kier molecular flexibility index (Phi) is 5.84. The van der Waals surface area contributed by atoms with E-state index in [1.807, 2.05) is 0 Å². The molecule has 0 aromatic rings. The summed E-state index contributed by atoms with van der Waals surface area (Å²) in [6, 6.07) is 0.732. The molecule has 1 saturated carbocycles. The molecule has 0 radical (unpaired) electrons. The minimum Gasteiger partial charge on any atom is -0.377 e. The molecule has 106 valence electrons. The van der Waals surface area contributed by atoms with Crippen LogP contribution in [0, 0.1) is 5.92 Å². The van der Waals surface area contributed by atoms with E-state index in [2.05, 4.69) is 37.8 Å². The summed E-state index contributed by atoms with van der Waals surface area (Å²) in [5.41, 5.74) is 0. The van der Waals surface area contributed by atoms with Gasteiger partial charge in [-0.25, -0.2) is 0 Å². The first-order valence-corrected chi connectivity index (χ1v) is 8.69. The van der Waals surface area contributed by atoms with Gasteiger partial charge in [-0.05, 0) is 45.1 Å². The number of nitrogens with one attached hydrogen (secondary N) is 1. The van der Waals surface area contributed by atoms with Crippen LogP contribution < -0.4 is 5.32 Å². The summed E-state index contributed by atoms with van der Waals surface area (Å²) in [6.45, 7) is 8.90. The van der Waals surface area contributed by atoms with E-state index in [9.17, 15) is 0 Å². The highest BCUT2D eigenvalue weighted by molar-refractivity contribution is 8.00. The highest BCUT2D eigenvalue weighted by atomic mass is 32.2. The van der Waals surface area contributed by atoms with Crippen molar-refractivity contribution in [3.8, 4) is 0 Å². The van der Waals surface area contributed by atoms with Crippen molar-refractivity contribution < 1.29 is 4.74 Å². The minimum absolute atomic E-state index is 0.458. The monoisotopic (exact) mass is 271 g/mol. The van der Waals surface area contributed by atoms with Gasteiger partial charge in [0, 0.05) is 23.1 Å². The van der Waals surface area contributed by atoms with Gasteiger partial charge in [0.1, 0.15) is 0 Å². The summed E-state index contributed by atoms with van der Waals surface area (Å²) in [6.07, 6.45) is 7.25. The summed E-state index contributed by atoms with van der Waals surface area (Å²) in [4.78, 5) is 0. The van der Waals surface area contributed by atoms with Gasteiger partial charge in [-0.1, -0.05) is 20.3 Å². The molecule has 0 bridgehead atoms. The van der Waals surface area contributed by atoms with Crippen molar-refractivity contribution in [1.29, 1.82) is 0 Å². The van der Waals surface area contributed by atoms with Crippen LogP contribution in [0.15, 0.2) is 0 Å². The normalized spacial score (nSPS) is 41.2. The zero-order valence-corrected chi connectivity index (χ0v) is 13.0. The van der Waals surface area contributed by atoms with Gasteiger partial charge < -0.3 is 10.1 Å². The van der Waals surface area contributed by atoms with E-state index in [-0.39, 0.29) is 0 Å². The van der Waals surface area contributed by atoms with E-state index in [0.717, 1.165) is 35.6 Å². The molecule has 18 heavy (non-hydrogen) atoms. The smallest absolute Gasteiger partial charge is 0.0666 e. The van der Waals surface area contributed by atoms with Crippen molar-refractivity contribution in [2.45, 2.75) is 75.5 Å². The summed E-state index contributed by atoms with van der Waals surface area (Å²) in [7, 11) is 0. The molecule has 5 unspecified atom stereocenters. The van der Waals surface area contributed by atoms with Crippen molar-refractivity contribution in [3.63, 3.8) is 0 Å². The van der Waals surface area contributed by atoms with Crippen LogP contribution in [0.5, 0.6) is 0 Å². The van der Waals surface area contributed by atoms with Crippen molar-refractivity contribution >= 4 is 11.8 Å². The number of thioether (sulfide) groups is 1. The fraction of sp³-hybridized carbons (Fsp3) is 1.00. The molecule has 1 aliphatic carbocycles. The molecule has 2 rings (SSSR count). The Bertz CT molecular complexity index is 249. The fourth-order valence-corrected chi connectivity index (χ4v) is 5.13. The zero-order valence-electron chi connectivity index (χ0n) is 12.2. The number of hydrogen-bond acceptors (Lipinski definition) is 3. The fourth-order valence-electron chi connectivity index (χ4n) is 3.34. The molecule has 1 heterocycles. The van der Waals surface area contributed by atoms with E-state index >= 15 is 0 Å². The second kappa shape index (κ2) is 7.16. The summed E-state index contributed by atoms with van der Waals surface area (Å²) in [5, 5.41) is 5.24. The Morgan fingerprint density at radius 1 is 1.17 bits per heavy atom. The maximum absolute atomic E-state index is 5.71. The summed E-state index contributed by atoms with van der Waals surface area (Å²) < 4.78 is 5.71.